The molecule has 1 aromatic carbocycles. The molecule has 2 bridgehead atoms. The van der Waals surface area contributed by atoms with Crippen LogP contribution in [0.1, 0.15) is 24.8 Å². The summed E-state index contributed by atoms with van der Waals surface area (Å²) < 4.78 is 12.0. The number of allylic oxidation sites excluding steroid dienone is 1. The van der Waals surface area contributed by atoms with Crippen molar-refractivity contribution < 1.29 is 29.0 Å². The summed E-state index contributed by atoms with van der Waals surface area (Å²) >= 11 is 3.64. The Bertz CT molecular complexity index is 1000. The van der Waals surface area contributed by atoms with Crippen LogP contribution in [0, 0.1) is 11.8 Å². The Balaban J connectivity index is 1.66. The zero-order valence-electron chi connectivity index (χ0n) is 20.3. The van der Waals surface area contributed by atoms with Gasteiger partial charge in [-0.3, -0.25) is 14.4 Å². The number of carbonyl (C=O) groups is 3. The van der Waals surface area contributed by atoms with Crippen molar-refractivity contribution in [2.75, 3.05) is 26.3 Å². The number of benzene rings is 1. The van der Waals surface area contributed by atoms with Crippen molar-refractivity contribution in [3.05, 3.63) is 61.2 Å². The first-order chi connectivity index (χ1) is 17.4. The van der Waals surface area contributed by atoms with E-state index in [1.54, 1.807) is 17.1 Å². The lowest BCUT2D eigenvalue weighted by Crippen LogP contribution is -2.56. The first-order valence-corrected chi connectivity index (χ1v) is 13.3. The standard InChI is InChI=1S/C27H33BrN2O6/c1-3-5-9-15-35-26(34)20-21-24(32)30(13-14-31)23(27(21)16-19(28)22(20)36-27)25(33)29(12-4-2)17-18-10-7-6-8-11-18/h3-4,6-8,10-11,19-23,31H,1-2,5,9,12-17H2/t19?,20-,21+,22-,23?,27?/m1/s1. The van der Waals surface area contributed by atoms with Gasteiger partial charge in [-0.15, -0.1) is 13.2 Å². The van der Waals surface area contributed by atoms with Crippen molar-refractivity contribution >= 4 is 33.7 Å². The summed E-state index contributed by atoms with van der Waals surface area (Å²) in [6.07, 6.45) is 4.59. The fourth-order valence-corrected chi connectivity index (χ4v) is 6.83. The highest BCUT2D eigenvalue weighted by atomic mass is 79.9. The number of unbranched alkanes of at least 4 members (excludes halogenated alkanes) is 1. The van der Waals surface area contributed by atoms with Crippen molar-refractivity contribution in [2.45, 2.75) is 48.4 Å². The Labute approximate surface area is 220 Å². The van der Waals surface area contributed by atoms with Gasteiger partial charge in [0.05, 0.1) is 31.2 Å². The zero-order valence-corrected chi connectivity index (χ0v) is 21.8. The molecule has 1 spiro atoms. The van der Waals surface area contributed by atoms with Crippen LogP contribution in [0.15, 0.2) is 55.6 Å². The van der Waals surface area contributed by atoms with Gasteiger partial charge in [-0.2, -0.15) is 0 Å². The van der Waals surface area contributed by atoms with E-state index in [0.29, 0.717) is 25.8 Å². The summed E-state index contributed by atoms with van der Waals surface area (Å²) in [6.45, 7) is 7.98. The van der Waals surface area contributed by atoms with Gasteiger partial charge in [-0.25, -0.2) is 0 Å². The number of fused-ring (bicyclic) bond motifs is 1. The summed E-state index contributed by atoms with van der Waals surface area (Å²) in [4.78, 5) is 43.8. The number of amides is 2. The predicted molar refractivity (Wildman–Crippen MR) is 137 cm³/mol. The van der Waals surface area contributed by atoms with Crippen molar-refractivity contribution in [1.82, 2.24) is 9.80 Å². The second-order valence-electron chi connectivity index (χ2n) is 9.51. The van der Waals surface area contributed by atoms with Crippen LogP contribution in [-0.2, 0) is 30.4 Å². The zero-order chi connectivity index (χ0) is 25.9. The quantitative estimate of drug-likeness (QED) is 0.182. The van der Waals surface area contributed by atoms with Gasteiger partial charge in [0, 0.05) is 24.5 Å². The molecule has 8 nitrogen and oxygen atoms in total. The van der Waals surface area contributed by atoms with Crippen molar-refractivity contribution in [1.29, 1.82) is 0 Å². The summed E-state index contributed by atoms with van der Waals surface area (Å²) in [5, 5.41) is 9.76. The Hall–Kier alpha value is -2.49. The Morgan fingerprint density at radius 2 is 2.03 bits per heavy atom. The van der Waals surface area contributed by atoms with E-state index in [0.717, 1.165) is 5.56 Å². The Kier molecular flexibility index (Phi) is 8.32. The van der Waals surface area contributed by atoms with Crippen LogP contribution in [0.3, 0.4) is 0 Å². The molecule has 3 aliphatic rings. The van der Waals surface area contributed by atoms with E-state index >= 15 is 0 Å². The van der Waals surface area contributed by atoms with Crippen LogP contribution in [-0.4, -0.2) is 81.6 Å². The first-order valence-electron chi connectivity index (χ1n) is 12.3. The van der Waals surface area contributed by atoms with Crippen LogP contribution < -0.4 is 0 Å². The third-order valence-corrected chi connectivity index (χ3v) is 8.16. The molecule has 1 N–H and O–H groups in total. The third-order valence-electron chi connectivity index (χ3n) is 7.31. The molecule has 2 amide bonds. The van der Waals surface area contributed by atoms with Crippen LogP contribution in [0.2, 0.25) is 0 Å². The number of aliphatic hydroxyl groups excluding tert-OH is 1. The van der Waals surface area contributed by atoms with Gasteiger partial charge in [0.2, 0.25) is 11.8 Å². The van der Waals surface area contributed by atoms with Gasteiger partial charge in [-0.1, -0.05) is 58.4 Å². The number of carbonyl (C=O) groups excluding carboxylic acids is 3. The highest BCUT2D eigenvalue weighted by Gasteiger charge is 2.77. The minimum Gasteiger partial charge on any atom is -0.465 e. The summed E-state index contributed by atoms with van der Waals surface area (Å²) in [6, 6.07) is 8.61. The van der Waals surface area contributed by atoms with Gasteiger partial charge in [-0.05, 0) is 24.8 Å². The molecular weight excluding hydrogens is 528 g/mol. The lowest BCUT2D eigenvalue weighted by molar-refractivity contribution is -0.155. The van der Waals surface area contributed by atoms with Gasteiger partial charge >= 0.3 is 5.97 Å². The molecule has 194 valence electrons. The molecule has 0 saturated carbocycles. The second kappa shape index (κ2) is 11.3. The second-order valence-corrected chi connectivity index (χ2v) is 10.7. The number of nitrogens with zero attached hydrogens (tertiary/aromatic N) is 2. The van der Waals surface area contributed by atoms with Crippen LogP contribution >= 0.6 is 15.9 Å². The number of aliphatic hydroxyl groups is 1. The van der Waals surface area contributed by atoms with Gasteiger partial charge in [0.15, 0.2) is 0 Å². The molecule has 3 fully saturated rings. The number of esters is 1. The maximum Gasteiger partial charge on any atom is 0.312 e. The van der Waals surface area contributed by atoms with Crippen molar-refractivity contribution in [3.8, 4) is 0 Å². The fourth-order valence-electron chi connectivity index (χ4n) is 5.89. The minimum absolute atomic E-state index is 0.0250. The molecule has 3 aliphatic heterocycles. The molecule has 3 heterocycles. The maximum absolute atomic E-state index is 14.1. The Morgan fingerprint density at radius 1 is 1.28 bits per heavy atom. The lowest BCUT2D eigenvalue weighted by atomic mass is 9.70. The molecule has 36 heavy (non-hydrogen) atoms. The molecule has 9 heteroatoms. The molecule has 4 rings (SSSR count). The Morgan fingerprint density at radius 3 is 2.69 bits per heavy atom. The fraction of sp³-hybridized carbons (Fsp3) is 0.519. The van der Waals surface area contributed by atoms with E-state index in [9.17, 15) is 19.5 Å². The van der Waals surface area contributed by atoms with E-state index in [2.05, 4.69) is 29.1 Å². The molecule has 1 aromatic rings. The number of halogens is 1. The van der Waals surface area contributed by atoms with E-state index in [1.807, 2.05) is 30.3 Å². The maximum atomic E-state index is 14.1. The molecule has 0 aliphatic carbocycles. The number of hydrogen-bond donors (Lipinski definition) is 1. The van der Waals surface area contributed by atoms with Gasteiger partial charge < -0.3 is 24.4 Å². The SMILES string of the molecule is C=CCCCOC(=O)[C@H]1[C@@H]2OC3(CC2Br)C(C(=O)N(CC=C)Cc2ccccc2)N(CCO)C(=O)[C@H]13. The van der Waals surface area contributed by atoms with Crippen molar-refractivity contribution in [3.63, 3.8) is 0 Å². The van der Waals surface area contributed by atoms with Crippen LogP contribution in [0.25, 0.3) is 0 Å². The number of likely N-dealkylation sites (tertiary alicyclic amines) is 1. The highest BCUT2D eigenvalue weighted by molar-refractivity contribution is 9.09. The molecule has 3 saturated heterocycles. The van der Waals surface area contributed by atoms with E-state index in [4.69, 9.17) is 9.47 Å². The largest absolute Gasteiger partial charge is 0.465 e. The predicted octanol–water partition coefficient (Wildman–Crippen LogP) is 2.45. The molecule has 3 unspecified atom stereocenters. The topological polar surface area (TPSA) is 96.4 Å². The smallest absolute Gasteiger partial charge is 0.312 e. The number of rotatable bonds is 12. The molecular formula is C27H33BrN2O6. The van der Waals surface area contributed by atoms with E-state index in [1.165, 1.54) is 4.90 Å². The monoisotopic (exact) mass is 560 g/mol. The first kappa shape index (κ1) is 26.6. The molecule has 0 aromatic heterocycles. The number of alkyl halides is 1. The summed E-state index contributed by atoms with van der Waals surface area (Å²) in [5.74, 6) is -2.79. The number of ether oxygens (including phenoxy) is 2. The van der Waals surface area contributed by atoms with Crippen LogP contribution in [0.5, 0.6) is 0 Å². The number of β-amino-alcohol motifs (C(OH)–C–C–N with tert-alkyl or cyclic N) is 1. The average molecular weight is 561 g/mol. The van der Waals surface area contributed by atoms with E-state index < -0.39 is 35.6 Å². The molecule has 6 atom stereocenters. The summed E-state index contributed by atoms with van der Waals surface area (Å²) in [5.41, 5.74) is -0.237. The highest BCUT2D eigenvalue weighted by Crippen LogP contribution is 2.60. The lowest BCUT2D eigenvalue weighted by Gasteiger charge is -2.37. The number of hydrogen-bond acceptors (Lipinski definition) is 6. The minimum atomic E-state index is -1.18. The third kappa shape index (κ3) is 4.64. The normalized spacial score (nSPS) is 30.2. The van der Waals surface area contributed by atoms with Gasteiger partial charge in [0.25, 0.3) is 0 Å². The molecule has 0 radical (unpaired) electrons. The summed E-state index contributed by atoms with van der Waals surface area (Å²) in [7, 11) is 0. The van der Waals surface area contributed by atoms with Crippen LogP contribution in [0.4, 0.5) is 0 Å². The average Bonchev–Trinajstić information content (AvgIpc) is 3.46. The van der Waals surface area contributed by atoms with Gasteiger partial charge in [0.1, 0.15) is 11.6 Å². The van der Waals surface area contributed by atoms with Crippen molar-refractivity contribution in [2.24, 2.45) is 11.8 Å². The van der Waals surface area contributed by atoms with E-state index in [-0.39, 0.29) is 42.9 Å².